The summed E-state index contributed by atoms with van der Waals surface area (Å²) in [7, 11) is 0. The third-order valence-corrected chi connectivity index (χ3v) is 2.78. The molecule has 1 unspecified atom stereocenters. The van der Waals surface area contributed by atoms with Gasteiger partial charge in [0.25, 0.3) is 0 Å². The second-order valence-electron chi connectivity index (χ2n) is 4.13. The molecule has 0 saturated carbocycles. The molecule has 0 fully saturated rings. The van der Waals surface area contributed by atoms with E-state index in [0.29, 0.717) is 17.5 Å². The van der Waals surface area contributed by atoms with Crippen molar-refractivity contribution in [2.24, 2.45) is 11.7 Å². The highest BCUT2D eigenvalue weighted by Crippen LogP contribution is 2.26. The summed E-state index contributed by atoms with van der Waals surface area (Å²) < 4.78 is 5.40. The van der Waals surface area contributed by atoms with Crippen LogP contribution in [0.1, 0.15) is 32.3 Å². The molecule has 0 saturated heterocycles. The molecule has 2 nitrogen and oxygen atoms in total. The molecule has 16 heavy (non-hydrogen) atoms. The van der Waals surface area contributed by atoms with E-state index >= 15 is 0 Å². The van der Waals surface area contributed by atoms with Gasteiger partial charge in [-0.05, 0) is 30.5 Å². The van der Waals surface area contributed by atoms with Crippen molar-refractivity contribution < 1.29 is 4.74 Å². The zero-order valence-corrected chi connectivity index (χ0v) is 10.9. The van der Waals surface area contributed by atoms with Crippen LogP contribution in [0.25, 0.3) is 0 Å². The zero-order chi connectivity index (χ0) is 12.1. The quantitative estimate of drug-likeness (QED) is 0.799. The van der Waals surface area contributed by atoms with Crippen molar-refractivity contribution in [3.63, 3.8) is 0 Å². The molecule has 1 rings (SSSR count). The monoisotopic (exact) mass is 237 g/mol. The van der Waals surface area contributed by atoms with E-state index in [1.165, 1.54) is 0 Å². The van der Waals surface area contributed by atoms with Gasteiger partial charge in [-0.15, -0.1) is 0 Å². The molecule has 88 valence electrons. The molecule has 0 amide bonds. The van der Waals surface area contributed by atoms with E-state index in [0.717, 1.165) is 11.3 Å². The number of thiocarbonyl (C=S) groups is 1. The molecule has 0 aromatic heterocycles. The fourth-order valence-corrected chi connectivity index (χ4v) is 2.22. The van der Waals surface area contributed by atoms with E-state index in [1.807, 2.05) is 31.2 Å². The van der Waals surface area contributed by atoms with Crippen molar-refractivity contribution in [3.05, 3.63) is 29.8 Å². The van der Waals surface area contributed by atoms with Crippen LogP contribution in [-0.4, -0.2) is 11.6 Å². The minimum atomic E-state index is 0.144. The molecule has 0 spiro atoms. The van der Waals surface area contributed by atoms with E-state index in [2.05, 4.69) is 13.8 Å². The maximum Gasteiger partial charge on any atom is 0.119 e. The van der Waals surface area contributed by atoms with Gasteiger partial charge in [-0.3, -0.25) is 0 Å². The van der Waals surface area contributed by atoms with Crippen LogP contribution in [0.4, 0.5) is 0 Å². The fraction of sp³-hybridized carbons (Fsp3) is 0.462. The Bertz CT molecular complexity index is 345. The van der Waals surface area contributed by atoms with Gasteiger partial charge >= 0.3 is 0 Å². The van der Waals surface area contributed by atoms with Crippen molar-refractivity contribution in [2.45, 2.75) is 26.7 Å². The Balaban J connectivity index is 2.90. The Morgan fingerprint density at radius 3 is 2.25 bits per heavy atom. The summed E-state index contributed by atoms with van der Waals surface area (Å²) in [6.45, 7) is 6.91. The van der Waals surface area contributed by atoms with Crippen LogP contribution < -0.4 is 10.5 Å². The van der Waals surface area contributed by atoms with Crippen molar-refractivity contribution in [2.75, 3.05) is 6.61 Å². The first kappa shape index (κ1) is 13.0. The first-order valence-corrected chi connectivity index (χ1v) is 5.99. The van der Waals surface area contributed by atoms with Crippen LogP contribution in [0.15, 0.2) is 24.3 Å². The highest BCUT2D eigenvalue weighted by atomic mass is 32.1. The molecule has 0 aliphatic heterocycles. The standard InChI is InChI=1S/C13H19NOS/c1-4-15-11-7-5-10(6-8-11)12(9(2)3)13(14)16/h5-9,12H,4H2,1-3H3,(H2,14,16). The van der Waals surface area contributed by atoms with Crippen LogP contribution in [0.2, 0.25) is 0 Å². The predicted molar refractivity (Wildman–Crippen MR) is 72.0 cm³/mol. The number of rotatable bonds is 5. The number of hydrogen-bond acceptors (Lipinski definition) is 2. The Morgan fingerprint density at radius 2 is 1.88 bits per heavy atom. The van der Waals surface area contributed by atoms with Gasteiger partial charge in [0.1, 0.15) is 5.75 Å². The highest BCUT2D eigenvalue weighted by Gasteiger charge is 2.18. The van der Waals surface area contributed by atoms with Gasteiger partial charge in [0.15, 0.2) is 0 Å². The van der Waals surface area contributed by atoms with E-state index in [9.17, 15) is 0 Å². The first-order valence-electron chi connectivity index (χ1n) is 5.58. The molecule has 0 heterocycles. The van der Waals surface area contributed by atoms with Gasteiger partial charge in [-0.1, -0.05) is 38.2 Å². The van der Waals surface area contributed by atoms with E-state index < -0.39 is 0 Å². The number of hydrogen-bond donors (Lipinski definition) is 1. The minimum Gasteiger partial charge on any atom is -0.494 e. The van der Waals surface area contributed by atoms with Crippen molar-refractivity contribution in [1.29, 1.82) is 0 Å². The van der Waals surface area contributed by atoms with Crippen molar-refractivity contribution in [3.8, 4) is 5.75 Å². The number of nitrogens with two attached hydrogens (primary N) is 1. The van der Waals surface area contributed by atoms with Crippen LogP contribution in [0.3, 0.4) is 0 Å². The lowest BCUT2D eigenvalue weighted by Gasteiger charge is -2.20. The van der Waals surface area contributed by atoms with Crippen LogP contribution in [0, 0.1) is 5.92 Å². The van der Waals surface area contributed by atoms with E-state index in [4.69, 9.17) is 22.7 Å². The molecule has 0 bridgehead atoms. The van der Waals surface area contributed by atoms with Gasteiger partial charge in [-0.25, -0.2) is 0 Å². The largest absolute Gasteiger partial charge is 0.494 e. The second kappa shape index (κ2) is 5.85. The number of benzene rings is 1. The molecule has 0 aliphatic rings. The topological polar surface area (TPSA) is 35.2 Å². The summed E-state index contributed by atoms with van der Waals surface area (Å²) in [5, 5.41) is 0. The average Bonchev–Trinajstić information content (AvgIpc) is 2.20. The van der Waals surface area contributed by atoms with Crippen LogP contribution in [0.5, 0.6) is 5.75 Å². The van der Waals surface area contributed by atoms with E-state index in [1.54, 1.807) is 0 Å². The predicted octanol–water partition coefficient (Wildman–Crippen LogP) is 3.11. The molecular weight excluding hydrogens is 218 g/mol. The molecule has 2 N–H and O–H groups in total. The molecule has 1 atom stereocenters. The van der Waals surface area contributed by atoms with Gasteiger partial charge in [0.2, 0.25) is 0 Å². The lowest BCUT2D eigenvalue weighted by Crippen LogP contribution is -2.23. The Labute approximate surface area is 103 Å². The summed E-state index contributed by atoms with van der Waals surface area (Å²) in [5.74, 6) is 1.44. The first-order chi connectivity index (χ1) is 7.56. The third-order valence-electron chi connectivity index (χ3n) is 2.52. The van der Waals surface area contributed by atoms with E-state index in [-0.39, 0.29) is 5.92 Å². The molecule has 3 heteroatoms. The molecular formula is C13H19NOS. The van der Waals surface area contributed by atoms with Gasteiger partial charge in [0.05, 0.1) is 11.6 Å². The third kappa shape index (κ3) is 3.20. The van der Waals surface area contributed by atoms with Crippen LogP contribution >= 0.6 is 12.2 Å². The summed E-state index contributed by atoms with van der Waals surface area (Å²) in [5.41, 5.74) is 6.92. The second-order valence-corrected chi connectivity index (χ2v) is 4.60. The molecule has 0 radical (unpaired) electrons. The van der Waals surface area contributed by atoms with Gasteiger partial charge < -0.3 is 10.5 Å². The average molecular weight is 237 g/mol. The fourth-order valence-electron chi connectivity index (χ4n) is 1.82. The molecule has 0 aliphatic carbocycles. The van der Waals surface area contributed by atoms with Gasteiger partial charge in [-0.2, -0.15) is 0 Å². The Kier molecular flexibility index (Phi) is 4.74. The smallest absolute Gasteiger partial charge is 0.119 e. The summed E-state index contributed by atoms with van der Waals surface area (Å²) in [4.78, 5) is 0.555. The lowest BCUT2D eigenvalue weighted by molar-refractivity contribution is 0.340. The molecule has 1 aromatic carbocycles. The summed E-state index contributed by atoms with van der Waals surface area (Å²) in [6, 6.07) is 8.00. The summed E-state index contributed by atoms with van der Waals surface area (Å²) >= 11 is 5.11. The summed E-state index contributed by atoms with van der Waals surface area (Å²) in [6.07, 6.45) is 0. The van der Waals surface area contributed by atoms with Crippen molar-refractivity contribution in [1.82, 2.24) is 0 Å². The SMILES string of the molecule is CCOc1ccc(C(C(N)=S)C(C)C)cc1. The minimum absolute atomic E-state index is 0.144. The highest BCUT2D eigenvalue weighted by molar-refractivity contribution is 7.80. The van der Waals surface area contributed by atoms with Crippen LogP contribution in [-0.2, 0) is 0 Å². The Morgan fingerprint density at radius 1 is 1.31 bits per heavy atom. The van der Waals surface area contributed by atoms with Crippen molar-refractivity contribution >= 4 is 17.2 Å². The molecule has 1 aromatic rings. The maximum atomic E-state index is 5.77. The maximum absolute atomic E-state index is 5.77. The number of ether oxygens (including phenoxy) is 1. The van der Waals surface area contributed by atoms with Gasteiger partial charge in [0, 0.05) is 5.92 Å². The zero-order valence-electron chi connectivity index (χ0n) is 10.1. The Hall–Kier alpha value is -1.09. The normalized spacial score (nSPS) is 12.5. The lowest BCUT2D eigenvalue weighted by atomic mass is 9.88.